The molecule has 0 spiro atoms. The molecule has 0 aromatic heterocycles. The summed E-state index contributed by atoms with van der Waals surface area (Å²) in [6, 6.07) is 7.01. The highest BCUT2D eigenvalue weighted by Gasteiger charge is 2.56. The van der Waals surface area contributed by atoms with Gasteiger partial charge in [0.05, 0.1) is 19.1 Å². The molecule has 1 fully saturated rings. The molecule has 2 rings (SSSR count). The number of nitrogens with one attached hydrogen (secondary N) is 1. The van der Waals surface area contributed by atoms with Gasteiger partial charge in [0.15, 0.2) is 0 Å². The Hall–Kier alpha value is -0.970. The topological polar surface area (TPSA) is 58.6 Å². The highest BCUT2D eigenvalue weighted by atomic mass is 35.5. The molecule has 1 aliphatic rings. The Morgan fingerprint density at radius 1 is 1.53 bits per heavy atom. The van der Waals surface area contributed by atoms with Crippen molar-refractivity contribution in [2.75, 3.05) is 13.7 Å². The molecule has 1 aromatic rings. The van der Waals surface area contributed by atoms with Crippen LogP contribution in [0.4, 0.5) is 0 Å². The normalized spacial score (nSPS) is 21.6. The van der Waals surface area contributed by atoms with Crippen molar-refractivity contribution in [1.29, 1.82) is 0 Å². The quantitative estimate of drug-likeness (QED) is 0.819. The van der Waals surface area contributed by atoms with Crippen molar-refractivity contribution in [3.8, 4) is 5.75 Å². The molecule has 2 N–H and O–H groups in total. The number of amides is 1. The SMILES string of the molecule is COc1ccc(C(O)CNC(=O)C2CC2(Cl)Cl)cc1. The Kier molecular flexibility index (Phi) is 4.23. The van der Waals surface area contributed by atoms with E-state index in [2.05, 4.69) is 5.32 Å². The number of aliphatic hydroxyl groups is 1. The van der Waals surface area contributed by atoms with Crippen molar-refractivity contribution in [3.05, 3.63) is 29.8 Å². The summed E-state index contributed by atoms with van der Waals surface area (Å²) in [5.41, 5.74) is 0.708. The zero-order valence-electron chi connectivity index (χ0n) is 10.4. The number of ether oxygens (including phenoxy) is 1. The number of halogens is 2. The molecule has 0 bridgehead atoms. The molecule has 104 valence electrons. The number of carbonyl (C=O) groups is 1. The lowest BCUT2D eigenvalue weighted by atomic mass is 10.1. The molecule has 6 heteroatoms. The van der Waals surface area contributed by atoms with Crippen molar-refractivity contribution >= 4 is 29.1 Å². The van der Waals surface area contributed by atoms with E-state index < -0.39 is 10.4 Å². The first-order valence-electron chi connectivity index (χ1n) is 5.91. The van der Waals surface area contributed by atoms with Gasteiger partial charge in [0.1, 0.15) is 10.1 Å². The standard InChI is InChI=1S/C13H15Cl2NO3/c1-19-9-4-2-8(3-5-9)11(17)7-16-12(18)10-6-13(10,14)15/h2-5,10-11,17H,6-7H2,1H3,(H,16,18). The number of rotatable bonds is 5. The summed E-state index contributed by atoms with van der Waals surface area (Å²) in [6.45, 7) is 0.130. The first-order valence-corrected chi connectivity index (χ1v) is 6.67. The van der Waals surface area contributed by atoms with Crippen molar-refractivity contribution in [3.63, 3.8) is 0 Å². The van der Waals surface area contributed by atoms with Gasteiger partial charge in [-0.25, -0.2) is 0 Å². The summed E-state index contributed by atoms with van der Waals surface area (Å²) >= 11 is 11.6. The molecule has 1 aromatic carbocycles. The minimum absolute atomic E-state index is 0.130. The van der Waals surface area contributed by atoms with Crippen LogP contribution in [0.2, 0.25) is 0 Å². The Labute approximate surface area is 121 Å². The lowest BCUT2D eigenvalue weighted by Gasteiger charge is -2.13. The first kappa shape index (κ1) is 14.4. The number of benzene rings is 1. The van der Waals surface area contributed by atoms with E-state index >= 15 is 0 Å². The second-order valence-corrected chi connectivity index (χ2v) is 6.09. The molecule has 0 radical (unpaired) electrons. The zero-order chi connectivity index (χ0) is 14.0. The minimum atomic E-state index is -0.935. The second-order valence-electron chi connectivity index (χ2n) is 4.55. The van der Waals surface area contributed by atoms with E-state index in [1.165, 1.54) is 0 Å². The van der Waals surface area contributed by atoms with Gasteiger partial charge >= 0.3 is 0 Å². The average Bonchev–Trinajstić information content (AvgIpc) is 3.05. The summed E-state index contributed by atoms with van der Waals surface area (Å²) in [5.74, 6) is 0.114. The molecule has 19 heavy (non-hydrogen) atoms. The summed E-state index contributed by atoms with van der Waals surface area (Å²) in [6.07, 6.45) is -0.311. The molecule has 1 aliphatic carbocycles. The van der Waals surface area contributed by atoms with Crippen LogP contribution in [-0.4, -0.2) is 29.0 Å². The van der Waals surface area contributed by atoms with Crippen LogP contribution in [0, 0.1) is 5.92 Å². The van der Waals surface area contributed by atoms with E-state index in [4.69, 9.17) is 27.9 Å². The van der Waals surface area contributed by atoms with E-state index in [1.54, 1.807) is 31.4 Å². The van der Waals surface area contributed by atoms with E-state index in [0.29, 0.717) is 17.7 Å². The first-order chi connectivity index (χ1) is 8.94. The van der Waals surface area contributed by atoms with Crippen LogP contribution in [0.15, 0.2) is 24.3 Å². The van der Waals surface area contributed by atoms with Crippen molar-refractivity contribution in [2.24, 2.45) is 5.92 Å². The molecular formula is C13H15Cl2NO3. The molecule has 2 atom stereocenters. The van der Waals surface area contributed by atoms with Crippen molar-refractivity contribution in [1.82, 2.24) is 5.32 Å². The Bertz CT molecular complexity index is 461. The third-order valence-corrected chi connectivity index (χ3v) is 3.95. The van der Waals surface area contributed by atoms with Gasteiger partial charge in [0.25, 0.3) is 0 Å². The fourth-order valence-corrected chi connectivity index (χ4v) is 2.27. The number of aliphatic hydroxyl groups excluding tert-OH is 1. The molecule has 2 unspecified atom stereocenters. The molecule has 1 saturated carbocycles. The zero-order valence-corrected chi connectivity index (χ0v) is 11.9. The van der Waals surface area contributed by atoms with Gasteiger partial charge in [0.2, 0.25) is 5.91 Å². The van der Waals surface area contributed by atoms with Crippen LogP contribution in [0.5, 0.6) is 5.75 Å². The number of hydrogen-bond acceptors (Lipinski definition) is 3. The Balaban J connectivity index is 1.83. The number of carbonyl (C=O) groups excluding carboxylic acids is 1. The highest BCUT2D eigenvalue weighted by molar-refractivity contribution is 6.52. The predicted molar refractivity (Wildman–Crippen MR) is 73.5 cm³/mol. The molecule has 0 saturated heterocycles. The van der Waals surface area contributed by atoms with Gasteiger partial charge in [-0.3, -0.25) is 4.79 Å². The van der Waals surface area contributed by atoms with Crippen LogP contribution in [0.1, 0.15) is 18.1 Å². The summed E-state index contributed by atoms with van der Waals surface area (Å²) in [4.78, 5) is 11.6. The number of hydrogen-bond donors (Lipinski definition) is 2. The fourth-order valence-electron chi connectivity index (χ4n) is 1.76. The van der Waals surface area contributed by atoms with Gasteiger partial charge in [-0.15, -0.1) is 23.2 Å². The summed E-state index contributed by atoms with van der Waals surface area (Å²) < 4.78 is 4.09. The highest BCUT2D eigenvalue weighted by Crippen LogP contribution is 2.53. The second kappa shape index (κ2) is 5.57. The van der Waals surface area contributed by atoms with Gasteiger partial charge in [0, 0.05) is 6.54 Å². The van der Waals surface area contributed by atoms with E-state index in [-0.39, 0.29) is 18.4 Å². The molecule has 0 aliphatic heterocycles. The van der Waals surface area contributed by atoms with Gasteiger partial charge in [-0.1, -0.05) is 12.1 Å². The maximum atomic E-state index is 11.6. The van der Waals surface area contributed by atoms with Crippen LogP contribution in [0.3, 0.4) is 0 Å². The maximum Gasteiger partial charge on any atom is 0.226 e. The van der Waals surface area contributed by atoms with Crippen molar-refractivity contribution in [2.45, 2.75) is 16.9 Å². The monoisotopic (exact) mass is 303 g/mol. The van der Waals surface area contributed by atoms with E-state index in [1.807, 2.05) is 0 Å². The third-order valence-electron chi connectivity index (χ3n) is 3.11. The van der Waals surface area contributed by atoms with Crippen molar-refractivity contribution < 1.29 is 14.6 Å². The van der Waals surface area contributed by atoms with Crippen LogP contribution >= 0.6 is 23.2 Å². The lowest BCUT2D eigenvalue weighted by molar-refractivity contribution is -0.122. The maximum absolute atomic E-state index is 11.6. The largest absolute Gasteiger partial charge is 0.497 e. The average molecular weight is 304 g/mol. The summed E-state index contributed by atoms with van der Waals surface area (Å²) in [7, 11) is 1.58. The van der Waals surface area contributed by atoms with Gasteiger partial charge in [-0.05, 0) is 24.1 Å². The Morgan fingerprint density at radius 3 is 2.58 bits per heavy atom. The predicted octanol–water partition coefficient (Wildman–Crippen LogP) is 2.04. The van der Waals surface area contributed by atoms with Crippen LogP contribution in [0.25, 0.3) is 0 Å². The van der Waals surface area contributed by atoms with E-state index in [0.717, 1.165) is 0 Å². The summed E-state index contributed by atoms with van der Waals surface area (Å²) in [5, 5.41) is 12.6. The molecule has 4 nitrogen and oxygen atoms in total. The molecule has 0 heterocycles. The number of alkyl halides is 2. The smallest absolute Gasteiger partial charge is 0.226 e. The number of methoxy groups -OCH3 is 1. The lowest BCUT2D eigenvalue weighted by Crippen LogP contribution is -2.30. The van der Waals surface area contributed by atoms with Crippen LogP contribution in [-0.2, 0) is 4.79 Å². The van der Waals surface area contributed by atoms with E-state index in [9.17, 15) is 9.90 Å². The fraction of sp³-hybridized carbons (Fsp3) is 0.462. The Morgan fingerprint density at radius 2 is 2.11 bits per heavy atom. The molecular weight excluding hydrogens is 289 g/mol. The molecule has 1 amide bonds. The van der Waals surface area contributed by atoms with Gasteiger partial charge < -0.3 is 15.2 Å². The van der Waals surface area contributed by atoms with Crippen LogP contribution < -0.4 is 10.1 Å². The minimum Gasteiger partial charge on any atom is -0.497 e. The third kappa shape index (κ3) is 3.53. The van der Waals surface area contributed by atoms with Gasteiger partial charge in [-0.2, -0.15) is 0 Å².